The van der Waals surface area contributed by atoms with Crippen LogP contribution in [0.5, 0.6) is 5.88 Å². The molecule has 2 aliphatic heterocycles. The third-order valence-corrected chi connectivity index (χ3v) is 5.24. The maximum absolute atomic E-state index is 5.16. The topological polar surface area (TPSA) is 68.1 Å². The maximum atomic E-state index is 5.16. The number of hydrogen-bond acceptors (Lipinski definition) is 6. The van der Waals surface area contributed by atoms with Gasteiger partial charge in [-0.05, 0) is 32.1 Å². The molecule has 1 fully saturated rings. The molecule has 7 nitrogen and oxygen atoms in total. The van der Waals surface area contributed by atoms with Crippen LogP contribution in [0.4, 0.5) is 5.82 Å². The van der Waals surface area contributed by atoms with Crippen LogP contribution in [-0.2, 0) is 19.5 Å². The Morgan fingerprint density at radius 3 is 2.88 bits per heavy atom. The predicted octanol–water partition coefficient (Wildman–Crippen LogP) is 2.09. The summed E-state index contributed by atoms with van der Waals surface area (Å²) in [6, 6.07) is 2.30. The van der Waals surface area contributed by atoms with Gasteiger partial charge in [-0.15, -0.1) is 0 Å². The van der Waals surface area contributed by atoms with Crippen molar-refractivity contribution in [1.82, 2.24) is 24.4 Å². The van der Waals surface area contributed by atoms with E-state index < -0.39 is 0 Å². The number of fused-ring (bicyclic) bond motifs is 1. The predicted molar refractivity (Wildman–Crippen MR) is 95.7 cm³/mol. The van der Waals surface area contributed by atoms with Crippen LogP contribution < -0.4 is 10.1 Å². The second-order valence-corrected chi connectivity index (χ2v) is 6.91. The average Bonchev–Trinajstić information content (AvgIpc) is 3.07. The van der Waals surface area contributed by atoms with Gasteiger partial charge in [0.05, 0.1) is 13.7 Å². The highest BCUT2D eigenvalue weighted by Gasteiger charge is 2.22. The first-order valence-corrected chi connectivity index (χ1v) is 9.20. The summed E-state index contributed by atoms with van der Waals surface area (Å²) in [7, 11) is 1.62. The lowest BCUT2D eigenvalue weighted by atomic mass is 10.0. The molecule has 134 valence electrons. The maximum Gasteiger partial charge on any atom is 0.218 e. The summed E-state index contributed by atoms with van der Waals surface area (Å²) in [4.78, 5) is 15.5. The molecule has 7 heteroatoms. The molecule has 0 aromatic carbocycles. The summed E-state index contributed by atoms with van der Waals surface area (Å²) in [6.45, 7) is 4.27. The van der Waals surface area contributed by atoms with Crippen molar-refractivity contribution in [3.8, 4) is 5.88 Å². The van der Waals surface area contributed by atoms with Crippen LogP contribution in [0.1, 0.15) is 37.2 Å². The van der Waals surface area contributed by atoms with Crippen LogP contribution in [0.25, 0.3) is 0 Å². The molecular weight excluding hydrogens is 316 g/mol. The van der Waals surface area contributed by atoms with Gasteiger partial charge in [-0.3, -0.25) is 4.90 Å². The second-order valence-electron chi connectivity index (χ2n) is 6.91. The van der Waals surface area contributed by atoms with Gasteiger partial charge in [0.15, 0.2) is 0 Å². The number of nitrogens with one attached hydrogen (secondary N) is 1. The summed E-state index contributed by atoms with van der Waals surface area (Å²) >= 11 is 0. The van der Waals surface area contributed by atoms with Crippen molar-refractivity contribution in [2.45, 2.75) is 51.2 Å². The van der Waals surface area contributed by atoms with Gasteiger partial charge in [-0.1, -0.05) is 0 Å². The molecule has 2 aliphatic rings. The molecule has 2 aromatic heterocycles. The first-order valence-electron chi connectivity index (χ1n) is 9.20. The monoisotopic (exact) mass is 342 g/mol. The fourth-order valence-corrected chi connectivity index (χ4v) is 3.80. The Morgan fingerprint density at radius 1 is 1.16 bits per heavy atom. The van der Waals surface area contributed by atoms with Crippen molar-refractivity contribution in [3.05, 3.63) is 30.1 Å². The third-order valence-electron chi connectivity index (χ3n) is 5.24. The third kappa shape index (κ3) is 3.76. The Morgan fingerprint density at radius 2 is 2.04 bits per heavy atom. The molecule has 0 aliphatic carbocycles. The minimum Gasteiger partial charge on any atom is -0.481 e. The van der Waals surface area contributed by atoms with Crippen molar-refractivity contribution < 1.29 is 4.74 Å². The standard InChI is InChI=1S/C18H26N6O/c1-25-18-10-16(20-13-21-18)22-14-5-8-23(9-6-14)12-17-19-11-15-4-2-3-7-24(15)17/h10-11,13-14H,2-9,12H2,1H3,(H,20,21,22). The van der Waals surface area contributed by atoms with Gasteiger partial charge in [0, 0.05) is 43.6 Å². The number of piperidine rings is 1. The van der Waals surface area contributed by atoms with E-state index in [2.05, 4.69) is 35.9 Å². The lowest BCUT2D eigenvalue weighted by Crippen LogP contribution is -2.39. The van der Waals surface area contributed by atoms with Crippen LogP contribution in [0.15, 0.2) is 18.6 Å². The zero-order valence-corrected chi connectivity index (χ0v) is 14.8. The number of likely N-dealkylation sites (tertiary alicyclic amines) is 1. The zero-order chi connectivity index (χ0) is 17.1. The van der Waals surface area contributed by atoms with Crippen molar-refractivity contribution in [1.29, 1.82) is 0 Å². The van der Waals surface area contributed by atoms with E-state index in [1.165, 1.54) is 37.1 Å². The number of imidazole rings is 1. The smallest absolute Gasteiger partial charge is 0.218 e. The minimum atomic E-state index is 0.449. The van der Waals surface area contributed by atoms with Gasteiger partial charge >= 0.3 is 0 Å². The molecule has 0 bridgehead atoms. The Bertz CT molecular complexity index is 707. The van der Waals surface area contributed by atoms with E-state index in [0.29, 0.717) is 11.9 Å². The van der Waals surface area contributed by atoms with E-state index >= 15 is 0 Å². The van der Waals surface area contributed by atoms with Crippen molar-refractivity contribution in [2.24, 2.45) is 0 Å². The van der Waals surface area contributed by atoms with Gasteiger partial charge in [0.1, 0.15) is 18.0 Å². The van der Waals surface area contributed by atoms with E-state index in [9.17, 15) is 0 Å². The van der Waals surface area contributed by atoms with Crippen LogP contribution in [0.3, 0.4) is 0 Å². The molecule has 1 saturated heterocycles. The van der Waals surface area contributed by atoms with Gasteiger partial charge in [0.2, 0.25) is 5.88 Å². The summed E-state index contributed by atoms with van der Waals surface area (Å²) < 4.78 is 7.59. The molecule has 2 aromatic rings. The van der Waals surface area contributed by atoms with Crippen LogP contribution in [0, 0.1) is 0 Å². The first kappa shape index (κ1) is 16.3. The number of rotatable bonds is 5. The number of anilines is 1. The van der Waals surface area contributed by atoms with Gasteiger partial charge in [0.25, 0.3) is 0 Å². The Hall–Kier alpha value is -2.15. The lowest BCUT2D eigenvalue weighted by Gasteiger charge is -2.32. The highest BCUT2D eigenvalue weighted by atomic mass is 16.5. The SMILES string of the molecule is COc1cc(NC2CCN(Cc3ncc4n3CCCC4)CC2)ncn1. The summed E-state index contributed by atoms with van der Waals surface area (Å²) in [5.74, 6) is 2.67. The fourth-order valence-electron chi connectivity index (χ4n) is 3.80. The number of hydrogen-bond donors (Lipinski definition) is 1. The lowest BCUT2D eigenvalue weighted by molar-refractivity contribution is 0.203. The quantitative estimate of drug-likeness (QED) is 0.897. The molecule has 0 unspecified atom stereocenters. The normalized spacial score (nSPS) is 18.8. The van der Waals surface area contributed by atoms with Crippen molar-refractivity contribution in [3.63, 3.8) is 0 Å². The van der Waals surface area contributed by atoms with E-state index in [0.717, 1.165) is 44.8 Å². The Balaban J connectivity index is 1.30. The molecule has 0 spiro atoms. The van der Waals surface area contributed by atoms with Crippen LogP contribution in [0.2, 0.25) is 0 Å². The second kappa shape index (κ2) is 7.39. The first-order chi connectivity index (χ1) is 12.3. The van der Waals surface area contributed by atoms with Crippen molar-refractivity contribution >= 4 is 5.82 Å². The minimum absolute atomic E-state index is 0.449. The summed E-state index contributed by atoms with van der Waals surface area (Å²) in [5.41, 5.74) is 1.41. The van der Waals surface area contributed by atoms with Crippen LogP contribution >= 0.6 is 0 Å². The zero-order valence-electron chi connectivity index (χ0n) is 14.8. The molecule has 0 saturated carbocycles. The highest BCUT2D eigenvalue weighted by Crippen LogP contribution is 2.21. The molecule has 25 heavy (non-hydrogen) atoms. The van der Waals surface area contributed by atoms with Gasteiger partial charge in [-0.25, -0.2) is 15.0 Å². The number of aromatic nitrogens is 4. The van der Waals surface area contributed by atoms with Crippen molar-refractivity contribution in [2.75, 3.05) is 25.5 Å². The number of aryl methyl sites for hydroxylation is 1. The molecule has 0 amide bonds. The number of methoxy groups -OCH3 is 1. The van der Waals surface area contributed by atoms with E-state index in [-0.39, 0.29) is 0 Å². The molecule has 1 N–H and O–H groups in total. The van der Waals surface area contributed by atoms with Crippen LogP contribution in [-0.4, -0.2) is 50.7 Å². The van der Waals surface area contributed by atoms with E-state index in [4.69, 9.17) is 4.74 Å². The fraction of sp³-hybridized carbons (Fsp3) is 0.611. The number of nitrogens with zero attached hydrogens (tertiary/aromatic N) is 5. The average molecular weight is 342 g/mol. The number of ether oxygens (including phenoxy) is 1. The summed E-state index contributed by atoms with van der Waals surface area (Å²) in [6.07, 6.45) is 9.60. The van der Waals surface area contributed by atoms with E-state index in [1.807, 2.05) is 6.07 Å². The highest BCUT2D eigenvalue weighted by molar-refractivity contribution is 5.38. The molecular formula is C18H26N6O. The summed E-state index contributed by atoms with van der Waals surface area (Å²) in [5, 5.41) is 3.51. The molecule has 4 heterocycles. The Labute approximate surface area is 148 Å². The molecule has 0 radical (unpaired) electrons. The van der Waals surface area contributed by atoms with E-state index in [1.54, 1.807) is 7.11 Å². The van der Waals surface area contributed by atoms with Gasteiger partial charge in [-0.2, -0.15) is 0 Å². The largest absolute Gasteiger partial charge is 0.481 e. The van der Waals surface area contributed by atoms with Gasteiger partial charge < -0.3 is 14.6 Å². The molecule has 0 atom stereocenters. The molecule has 4 rings (SSSR count). The Kier molecular flexibility index (Phi) is 4.83.